The summed E-state index contributed by atoms with van der Waals surface area (Å²) in [5.41, 5.74) is 1.11. The van der Waals surface area contributed by atoms with E-state index in [0.29, 0.717) is 16.6 Å². The largest absolute Gasteiger partial charge is 0.508 e. The van der Waals surface area contributed by atoms with Gasteiger partial charge in [0, 0.05) is 18.6 Å². The molecule has 20 heavy (non-hydrogen) atoms. The predicted molar refractivity (Wildman–Crippen MR) is 80.4 cm³/mol. The molecule has 0 heterocycles. The Kier molecular flexibility index (Phi) is 4.53. The van der Waals surface area contributed by atoms with E-state index in [4.69, 9.17) is 23.2 Å². The first kappa shape index (κ1) is 14.7. The number of amides is 1. The number of halogens is 2. The van der Waals surface area contributed by atoms with Crippen LogP contribution in [0.3, 0.4) is 0 Å². The van der Waals surface area contributed by atoms with Gasteiger partial charge in [-0.25, -0.2) is 0 Å². The van der Waals surface area contributed by atoms with Gasteiger partial charge in [0.15, 0.2) is 0 Å². The van der Waals surface area contributed by atoms with Gasteiger partial charge in [0.1, 0.15) is 5.75 Å². The highest BCUT2D eigenvalue weighted by atomic mass is 35.5. The smallest absolute Gasteiger partial charge is 0.255 e. The van der Waals surface area contributed by atoms with E-state index in [0.717, 1.165) is 5.56 Å². The van der Waals surface area contributed by atoms with Crippen LogP contribution in [-0.2, 0) is 6.54 Å². The lowest BCUT2D eigenvalue weighted by Crippen LogP contribution is -2.26. The molecule has 1 N–H and O–H groups in total. The highest BCUT2D eigenvalue weighted by molar-refractivity contribution is 6.34. The molecule has 2 aromatic rings. The Labute approximate surface area is 127 Å². The number of carbonyl (C=O) groups excluding carboxylic acids is 1. The molecule has 0 unspecified atom stereocenters. The first-order valence-corrected chi connectivity index (χ1v) is 6.72. The summed E-state index contributed by atoms with van der Waals surface area (Å²) in [6.45, 7) is 0.366. The fourth-order valence-electron chi connectivity index (χ4n) is 1.84. The molecule has 0 saturated heterocycles. The zero-order valence-electron chi connectivity index (χ0n) is 10.8. The SMILES string of the molecule is CN(Cc1ccccc1Cl)C(=O)c1cc(O)ccc1Cl. The summed E-state index contributed by atoms with van der Waals surface area (Å²) in [5, 5.41) is 10.4. The Hall–Kier alpha value is -1.71. The van der Waals surface area contributed by atoms with E-state index < -0.39 is 0 Å². The molecule has 0 atom stereocenters. The second kappa shape index (κ2) is 6.16. The third-order valence-electron chi connectivity index (χ3n) is 2.89. The zero-order chi connectivity index (χ0) is 14.7. The van der Waals surface area contributed by atoms with Gasteiger partial charge in [-0.1, -0.05) is 41.4 Å². The summed E-state index contributed by atoms with van der Waals surface area (Å²) in [6.07, 6.45) is 0. The molecule has 3 nitrogen and oxygen atoms in total. The zero-order valence-corrected chi connectivity index (χ0v) is 12.3. The van der Waals surface area contributed by atoms with Gasteiger partial charge in [0.25, 0.3) is 5.91 Å². The molecule has 1 amide bonds. The molecule has 2 rings (SSSR count). The molecule has 0 radical (unpaired) electrons. The Morgan fingerprint density at radius 2 is 1.85 bits per heavy atom. The van der Waals surface area contributed by atoms with E-state index in [2.05, 4.69) is 0 Å². The molecule has 0 aliphatic rings. The minimum absolute atomic E-state index is 0.00361. The van der Waals surface area contributed by atoms with Crippen molar-refractivity contribution in [3.8, 4) is 5.75 Å². The topological polar surface area (TPSA) is 40.5 Å². The van der Waals surface area contributed by atoms with Crippen LogP contribution in [0.1, 0.15) is 15.9 Å². The maximum absolute atomic E-state index is 12.3. The molecule has 2 aromatic carbocycles. The molecular formula is C15H13Cl2NO2. The number of benzene rings is 2. The number of carbonyl (C=O) groups is 1. The van der Waals surface area contributed by atoms with E-state index in [-0.39, 0.29) is 17.2 Å². The normalized spacial score (nSPS) is 10.3. The molecule has 5 heteroatoms. The van der Waals surface area contributed by atoms with E-state index in [1.165, 1.54) is 23.1 Å². The van der Waals surface area contributed by atoms with Crippen molar-refractivity contribution in [1.82, 2.24) is 4.90 Å². The summed E-state index contributed by atoms with van der Waals surface area (Å²) in [6, 6.07) is 11.6. The molecule has 104 valence electrons. The molecule has 0 saturated carbocycles. The number of aromatic hydroxyl groups is 1. The van der Waals surface area contributed by atoms with Crippen LogP contribution in [0.5, 0.6) is 5.75 Å². The van der Waals surface area contributed by atoms with Crippen LogP contribution in [0.4, 0.5) is 0 Å². The lowest BCUT2D eigenvalue weighted by Gasteiger charge is -2.18. The van der Waals surface area contributed by atoms with E-state index >= 15 is 0 Å². The third-order valence-corrected chi connectivity index (χ3v) is 3.59. The number of phenolic OH excluding ortho intramolecular Hbond substituents is 1. The van der Waals surface area contributed by atoms with Crippen LogP contribution in [0.25, 0.3) is 0 Å². The lowest BCUT2D eigenvalue weighted by atomic mass is 10.1. The number of hydrogen-bond donors (Lipinski definition) is 1. The predicted octanol–water partition coefficient (Wildman–Crippen LogP) is 3.97. The summed E-state index contributed by atoms with van der Waals surface area (Å²) < 4.78 is 0. The van der Waals surface area contributed by atoms with Gasteiger partial charge in [-0.2, -0.15) is 0 Å². The van der Waals surface area contributed by atoms with Gasteiger partial charge in [0.2, 0.25) is 0 Å². The van der Waals surface area contributed by atoms with Crippen molar-refractivity contribution in [2.75, 3.05) is 7.05 Å². The van der Waals surface area contributed by atoms with E-state index in [1.54, 1.807) is 13.1 Å². The number of nitrogens with zero attached hydrogens (tertiary/aromatic N) is 1. The van der Waals surface area contributed by atoms with Crippen molar-refractivity contribution in [1.29, 1.82) is 0 Å². The Balaban J connectivity index is 2.21. The molecule has 0 spiro atoms. The lowest BCUT2D eigenvalue weighted by molar-refractivity contribution is 0.0785. The second-order valence-electron chi connectivity index (χ2n) is 4.42. The van der Waals surface area contributed by atoms with Gasteiger partial charge in [0.05, 0.1) is 10.6 Å². The summed E-state index contributed by atoms with van der Waals surface area (Å²) in [5.74, 6) is -0.269. The molecular weight excluding hydrogens is 297 g/mol. The van der Waals surface area contributed by atoms with Gasteiger partial charge < -0.3 is 10.0 Å². The minimum Gasteiger partial charge on any atom is -0.508 e. The minimum atomic E-state index is -0.272. The number of phenols is 1. The van der Waals surface area contributed by atoms with Crippen molar-refractivity contribution in [2.45, 2.75) is 6.54 Å². The second-order valence-corrected chi connectivity index (χ2v) is 5.23. The van der Waals surface area contributed by atoms with Crippen molar-refractivity contribution in [2.24, 2.45) is 0 Å². The Morgan fingerprint density at radius 1 is 1.15 bits per heavy atom. The third kappa shape index (κ3) is 3.24. The van der Waals surface area contributed by atoms with Crippen molar-refractivity contribution < 1.29 is 9.90 Å². The van der Waals surface area contributed by atoms with E-state index in [9.17, 15) is 9.90 Å². The van der Waals surface area contributed by atoms with Gasteiger partial charge in [-0.3, -0.25) is 4.79 Å². The highest BCUT2D eigenvalue weighted by Gasteiger charge is 2.16. The first-order chi connectivity index (χ1) is 9.49. The maximum Gasteiger partial charge on any atom is 0.255 e. The van der Waals surface area contributed by atoms with Crippen molar-refractivity contribution in [3.05, 3.63) is 63.6 Å². The van der Waals surface area contributed by atoms with Gasteiger partial charge in [-0.15, -0.1) is 0 Å². The average Bonchev–Trinajstić information content (AvgIpc) is 2.43. The van der Waals surface area contributed by atoms with Crippen molar-refractivity contribution in [3.63, 3.8) is 0 Å². The standard InChI is InChI=1S/C15H13Cl2NO2/c1-18(9-10-4-2-3-5-13(10)16)15(20)12-8-11(19)6-7-14(12)17/h2-8,19H,9H2,1H3. The Bertz CT molecular complexity index is 644. The fraction of sp³-hybridized carbons (Fsp3) is 0.133. The van der Waals surface area contributed by atoms with Crippen LogP contribution in [0, 0.1) is 0 Å². The molecule has 0 aromatic heterocycles. The number of rotatable bonds is 3. The fourth-order valence-corrected chi connectivity index (χ4v) is 2.23. The van der Waals surface area contributed by atoms with Crippen LogP contribution in [-0.4, -0.2) is 23.0 Å². The summed E-state index contributed by atoms with van der Waals surface area (Å²) >= 11 is 12.1. The van der Waals surface area contributed by atoms with Crippen LogP contribution >= 0.6 is 23.2 Å². The quantitative estimate of drug-likeness (QED) is 0.932. The average molecular weight is 310 g/mol. The molecule has 0 fully saturated rings. The molecule has 0 bridgehead atoms. The highest BCUT2D eigenvalue weighted by Crippen LogP contribution is 2.23. The van der Waals surface area contributed by atoms with Gasteiger partial charge >= 0.3 is 0 Å². The monoisotopic (exact) mass is 309 g/mol. The summed E-state index contributed by atoms with van der Waals surface area (Å²) in [4.78, 5) is 13.8. The van der Waals surface area contributed by atoms with Crippen LogP contribution in [0.2, 0.25) is 10.0 Å². The molecule has 0 aliphatic carbocycles. The van der Waals surface area contributed by atoms with Crippen LogP contribution in [0.15, 0.2) is 42.5 Å². The molecule has 0 aliphatic heterocycles. The van der Waals surface area contributed by atoms with Gasteiger partial charge in [-0.05, 0) is 29.8 Å². The van der Waals surface area contributed by atoms with Crippen molar-refractivity contribution >= 4 is 29.1 Å². The van der Waals surface area contributed by atoms with E-state index in [1.807, 2.05) is 18.2 Å². The first-order valence-electron chi connectivity index (χ1n) is 5.96. The maximum atomic E-state index is 12.3. The number of hydrogen-bond acceptors (Lipinski definition) is 2. The summed E-state index contributed by atoms with van der Waals surface area (Å²) in [7, 11) is 1.66. The Morgan fingerprint density at radius 3 is 2.55 bits per heavy atom. The van der Waals surface area contributed by atoms with Crippen LogP contribution < -0.4 is 0 Å².